The lowest BCUT2D eigenvalue weighted by molar-refractivity contribution is 0.737. The minimum Gasteiger partial charge on any atom is -0.0654 e. The molecule has 0 bridgehead atoms. The summed E-state index contributed by atoms with van der Waals surface area (Å²) in [6.45, 7) is 16.3. The van der Waals surface area contributed by atoms with Crippen molar-refractivity contribution in [3.8, 4) is 0 Å². The predicted molar refractivity (Wildman–Crippen MR) is 149 cm³/mol. The monoisotopic (exact) mass is 452 g/mol. The second-order valence-corrected chi connectivity index (χ2v) is 11.9. The van der Waals surface area contributed by atoms with Gasteiger partial charge in [0.1, 0.15) is 0 Å². The van der Waals surface area contributed by atoms with Crippen LogP contribution in [0, 0.1) is 20.8 Å². The van der Waals surface area contributed by atoms with Crippen LogP contribution in [0.4, 0.5) is 0 Å². The van der Waals surface area contributed by atoms with Crippen LogP contribution in [0.15, 0.2) is 24.3 Å². The van der Waals surface area contributed by atoms with Crippen molar-refractivity contribution >= 4 is 18.5 Å². The number of hydrogen-bond donors (Lipinski definition) is 0. The highest BCUT2D eigenvalue weighted by Gasteiger charge is 2.22. The second-order valence-electron chi connectivity index (χ2n) is 9.67. The Balaban J connectivity index is 2.68. The summed E-state index contributed by atoms with van der Waals surface area (Å²) in [7, 11) is -0.300. The molecule has 0 radical (unpaired) electrons. The summed E-state index contributed by atoms with van der Waals surface area (Å²) < 4.78 is 0. The quantitative estimate of drug-likeness (QED) is 0.251. The molecule has 0 saturated heterocycles. The highest BCUT2D eigenvalue weighted by Crippen LogP contribution is 2.40. The minimum atomic E-state index is -0.300. The molecule has 32 heavy (non-hydrogen) atoms. The van der Waals surface area contributed by atoms with Gasteiger partial charge in [0.25, 0.3) is 0 Å². The Morgan fingerprint density at radius 2 is 1.12 bits per heavy atom. The summed E-state index contributed by atoms with van der Waals surface area (Å²) in [6.07, 6.45) is 15.5. The Morgan fingerprint density at radius 1 is 0.562 bits per heavy atom. The molecule has 2 aromatic rings. The van der Waals surface area contributed by atoms with Gasteiger partial charge in [-0.25, -0.2) is 0 Å². The zero-order valence-electron chi connectivity index (χ0n) is 22.2. The van der Waals surface area contributed by atoms with E-state index in [4.69, 9.17) is 0 Å². The lowest BCUT2D eigenvalue weighted by Crippen LogP contribution is -2.23. The Labute approximate surface area is 201 Å². The van der Waals surface area contributed by atoms with Crippen LogP contribution in [0.5, 0.6) is 0 Å². The van der Waals surface area contributed by atoms with E-state index < -0.39 is 0 Å². The van der Waals surface area contributed by atoms with E-state index in [9.17, 15) is 0 Å². The summed E-state index contributed by atoms with van der Waals surface area (Å²) in [5.41, 5.74) is 9.59. The van der Waals surface area contributed by atoms with E-state index in [0.717, 1.165) is 0 Å². The van der Waals surface area contributed by atoms with Gasteiger partial charge >= 0.3 is 0 Å². The molecule has 0 aliphatic carbocycles. The predicted octanol–water partition coefficient (Wildman–Crippen LogP) is 8.87. The third kappa shape index (κ3) is 6.93. The molecule has 1 unspecified atom stereocenters. The lowest BCUT2D eigenvalue weighted by atomic mass is 9.91. The molecule has 0 spiro atoms. The normalized spacial score (nSPS) is 12.3. The van der Waals surface area contributed by atoms with Gasteiger partial charge in [0.2, 0.25) is 0 Å². The average molecular weight is 453 g/mol. The zero-order chi connectivity index (χ0) is 23.5. The Bertz CT molecular complexity index is 833. The van der Waals surface area contributed by atoms with Crippen LogP contribution in [0.25, 0.3) is 0 Å². The smallest absolute Gasteiger partial charge is 0.0160 e. The first-order chi connectivity index (χ1) is 15.5. The van der Waals surface area contributed by atoms with E-state index in [-0.39, 0.29) is 7.92 Å². The molecule has 2 rings (SSSR count). The van der Waals surface area contributed by atoms with Crippen molar-refractivity contribution in [3.63, 3.8) is 0 Å². The van der Waals surface area contributed by atoms with E-state index in [0.29, 0.717) is 0 Å². The van der Waals surface area contributed by atoms with Crippen molar-refractivity contribution < 1.29 is 0 Å². The zero-order valence-corrected chi connectivity index (χ0v) is 23.1. The molecule has 0 aliphatic rings. The van der Waals surface area contributed by atoms with Gasteiger partial charge in [-0.15, -0.1) is 0 Å². The van der Waals surface area contributed by atoms with Crippen LogP contribution in [0.1, 0.15) is 112 Å². The summed E-state index contributed by atoms with van der Waals surface area (Å²) in [5.74, 6) is 0. The molecule has 0 heterocycles. The van der Waals surface area contributed by atoms with Crippen molar-refractivity contribution in [1.29, 1.82) is 0 Å². The highest BCUT2D eigenvalue weighted by molar-refractivity contribution is 7.73. The molecule has 0 nitrogen and oxygen atoms in total. The Kier molecular flexibility index (Phi) is 12.0. The van der Waals surface area contributed by atoms with E-state index in [1.807, 2.05) is 0 Å². The maximum absolute atomic E-state index is 2.57. The molecule has 0 N–H and O–H groups in total. The van der Waals surface area contributed by atoms with Gasteiger partial charge in [0.05, 0.1) is 0 Å². The molecule has 0 amide bonds. The van der Waals surface area contributed by atoms with Crippen LogP contribution in [-0.2, 0) is 19.3 Å². The maximum atomic E-state index is 2.57. The number of benzene rings is 2. The molecule has 1 heteroatoms. The van der Waals surface area contributed by atoms with E-state index in [2.05, 4.69) is 72.7 Å². The molecule has 0 fully saturated rings. The van der Waals surface area contributed by atoms with Crippen LogP contribution in [0.2, 0.25) is 0 Å². The fourth-order valence-corrected chi connectivity index (χ4v) is 7.83. The first kappa shape index (κ1) is 27.1. The lowest BCUT2D eigenvalue weighted by Gasteiger charge is -2.28. The van der Waals surface area contributed by atoms with Crippen molar-refractivity contribution in [2.24, 2.45) is 0 Å². The summed E-state index contributed by atoms with van der Waals surface area (Å²) in [4.78, 5) is 0. The molecule has 1 atom stereocenters. The summed E-state index contributed by atoms with van der Waals surface area (Å²) in [6, 6.07) is 9.95. The van der Waals surface area contributed by atoms with Crippen molar-refractivity contribution in [3.05, 3.63) is 57.6 Å². The molecular formula is C31H49P. The number of rotatable bonds is 14. The van der Waals surface area contributed by atoms with E-state index >= 15 is 0 Å². The summed E-state index contributed by atoms with van der Waals surface area (Å²) >= 11 is 0. The fraction of sp³-hybridized carbons (Fsp3) is 0.613. The first-order valence-corrected chi connectivity index (χ1v) is 15.0. The molecule has 178 valence electrons. The first-order valence-electron chi connectivity index (χ1n) is 13.5. The summed E-state index contributed by atoms with van der Waals surface area (Å²) in [5, 5.41) is 3.34. The van der Waals surface area contributed by atoms with Gasteiger partial charge in [0, 0.05) is 0 Å². The molecule has 0 aromatic heterocycles. The van der Waals surface area contributed by atoms with Gasteiger partial charge in [-0.1, -0.05) is 77.6 Å². The largest absolute Gasteiger partial charge is 0.0654 e. The van der Waals surface area contributed by atoms with Crippen LogP contribution >= 0.6 is 7.92 Å². The third-order valence-electron chi connectivity index (χ3n) is 7.21. The van der Waals surface area contributed by atoms with E-state index in [1.54, 1.807) is 32.9 Å². The maximum Gasteiger partial charge on any atom is -0.0160 e. The van der Waals surface area contributed by atoms with Gasteiger partial charge in [-0.05, 0) is 124 Å². The van der Waals surface area contributed by atoms with Crippen molar-refractivity contribution in [2.45, 2.75) is 119 Å². The van der Waals surface area contributed by atoms with Gasteiger partial charge in [-0.3, -0.25) is 0 Å². The minimum absolute atomic E-state index is 0.300. The van der Waals surface area contributed by atoms with Gasteiger partial charge < -0.3 is 0 Å². The van der Waals surface area contributed by atoms with Gasteiger partial charge in [-0.2, -0.15) is 0 Å². The van der Waals surface area contributed by atoms with Crippen LogP contribution < -0.4 is 10.6 Å². The molecule has 0 saturated carbocycles. The third-order valence-corrected chi connectivity index (χ3v) is 10.0. The van der Waals surface area contributed by atoms with E-state index in [1.165, 1.54) is 87.9 Å². The fourth-order valence-electron chi connectivity index (χ4n) is 4.80. The van der Waals surface area contributed by atoms with Crippen LogP contribution in [0.3, 0.4) is 0 Å². The standard InChI is InChI=1S/C31H49P/c1-8-12-16-27-20-22-31(29(18-14-10-3)28(27)17-13-9-2)32(23-15-11-4)30-21-19-24(5)25(6)26(30)7/h19-22H,8-18,23H2,1-7H3. The molecule has 0 aliphatic heterocycles. The number of aryl methyl sites for hydroxylation is 2. The number of unbranched alkanes of at least 4 members (excludes halogenated alkanes) is 4. The van der Waals surface area contributed by atoms with Crippen molar-refractivity contribution in [2.75, 3.05) is 6.16 Å². The second kappa shape index (κ2) is 14.2. The Hall–Kier alpha value is -1.13. The number of hydrogen-bond acceptors (Lipinski definition) is 0. The molecular weight excluding hydrogens is 403 g/mol. The van der Waals surface area contributed by atoms with Crippen LogP contribution in [-0.4, -0.2) is 6.16 Å². The SMILES string of the molecule is CCCCc1ccc(P(CCCC)c2ccc(C)c(C)c2C)c(CCCC)c1CCCC. The molecule has 2 aromatic carbocycles. The highest BCUT2D eigenvalue weighted by atomic mass is 31.1. The van der Waals surface area contributed by atoms with Gasteiger partial charge in [0.15, 0.2) is 0 Å². The van der Waals surface area contributed by atoms with Crippen molar-refractivity contribution in [1.82, 2.24) is 0 Å². The Morgan fingerprint density at radius 3 is 1.75 bits per heavy atom. The topological polar surface area (TPSA) is 0 Å². The average Bonchev–Trinajstić information content (AvgIpc) is 2.80.